The Labute approximate surface area is 161 Å². The van der Waals surface area contributed by atoms with Gasteiger partial charge >= 0.3 is 0 Å². The number of hydrogen-bond acceptors (Lipinski definition) is 3. The molecule has 0 aliphatic carbocycles. The van der Waals surface area contributed by atoms with Gasteiger partial charge in [-0.2, -0.15) is 0 Å². The Kier molecular flexibility index (Phi) is 8.24. The van der Waals surface area contributed by atoms with Crippen LogP contribution in [0.15, 0.2) is 27.6 Å². The van der Waals surface area contributed by atoms with Crippen molar-refractivity contribution in [2.24, 2.45) is 4.99 Å². The van der Waals surface area contributed by atoms with Crippen molar-refractivity contribution in [3.05, 3.63) is 52.2 Å². The first-order chi connectivity index (χ1) is 11.0. The lowest BCUT2D eigenvalue weighted by molar-refractivity contribution is 0.463. The highest BCUT2D eigenvalue weighted by molar-refractivity contribution is 14.0. The highest BCUT2D eigenvalue weighted by atomic mass is 127. The van der Waals surface area contributed by atoms with Gasteiger partial charge in [-0.15, -0.1) is 24.0 Å². The van der Waals surface area contributed by atoms with E-state index in [4.69, 9.17) is 4.42 Å². The van der Waals surface area contributed by atoms with E-state index in [9.17, 15) is 0 Å². The zero-order valence-corrected chi connectivity index (χ0v) is 17.4. The molecule has 1 aromatic heterocycles. The first-order valence-electron chi connectivity index (χ1n) is 8.00. The Bertz CT molecular complexity index is 675. The summed E-state index contributed by atoms with van der Waals surface area (Å²) in [5.74, 6) is 2.30. The molecule has 0 aliphatic heterocycles. The van der Waals surface area contributed by atoms with Crippen molar-refractivity contribution < 1.29 is 4.42 Å². The summed E-state index contributed by atoms with van der Waals surface area (Å²) in [4.78, 5) is 9.02. The minimum absolute atomic E-state index is 0. The average molecular weight is 442 g/mol. The van der Waals surface area contributed by atoms with Crippen LogP contribution >= 0.6 is 24.0 Å². The Morgan fingerprint density at radius 1 is 1.17 bits per heavy atom. The predicted octanol–water partition coefficient (Wildman–Crippen LogP) is 3.78. The van der Waals surface area contributed by atoms with Crippen molar-refractivity contribution in [2.75, 3.05) is 6.54 Å². The third-order valence-electron chi connectivity index (χ3n) is 3.73. The summed E-state index contributed by atoms with van der Waals surface area (Å²) >= 11 is 0. The van der Waals surface area contributed by atoms with E-state index in [-0.39, 0.29) is 24.0 Å². The highest BCUT2D eigenvalue weighted by Crippen LogP contribution is 2.11. The van der Waals surface area contributed by atoms with Gasteiger partial charge in [-0.1, -0.05) is 23.8 Å². The van der Waals surface area contributed by atoms with E-state index in [1.807, 2.05) is 20.8 Å². The van der Waals surface area contributed by atoms with Crippen LogP contribution in [0.1, 0.15) is 41.0 Å². The second kappa shape index (κ2) is 9.66. The van der Waals surface area contributed by atoms with Gasteiger partial charge in [0.05, 0.1) is 18.8 Å². The standard InChI is InChI=1S/C18H26N4O.HI/c1-6-19-18(21-11-17-22-14(4)15(5)23-17)20-10-16-8-7-12(2)9-13(16)3;/h7-9H,6,10-11H2,1-5H3,(H2,19,20,21);1H. The van der Waals surface area contributed by atoms with Gasteiger partial charge in [0, 0.05) is 6.54 Å². The van der Waals surface area contributed by atoms with E-state index in [0.29, 0.717) is 19.0 Å². The number of aliphatic imine (C=N–C) groups is 1. The molecule has 2 N–H and O–H groups in total. The highest BCUT2D eigenvalue weighted by Gasteiger charge is 2.06. The van der Waals surface area contributed by atoms with Gasteiger partial charge in [-0.25, -0.2) is 9.98 Å². The van der Waals surface area contributed by atoms with E-state index in [0.717, 1.165) is 24.0 Å². The molecule has 1 aromatic carbocycles. The Morgan fingerprint density at radius 2 is 1.92 bits per heavy atom. The molecule has 0 bridgehead atoms. The number of nitrogens with one attached hydrogen (secondary N) is 2. The molecule has 0 aliphatic rings. The fraction of sp³-hybridized carbons (Fsp3) is 0.444. The normalized spacial score (nSPS) is 11.1. The van der Waals surface area contributed by atoms with E-state index in [1.165, 1.54) is 16.7 Å². The van der Waals surface area contributed by atoms with Crippen molar-refractivity contribution in [3.63, 3.8) is 0 Å². The summed E-state index contributed by atoms with van der Waals surface area (Å²) in [5.41, 5.74) is 4.70. The molecule has 0 amide bonds. The SMILES string of the molecule is CCNC(=NCc1ccc(C)cc1C)NCc1nc(C)c(C)o1.I. The van der Waals surface area contributed by atoms with Crippen LogP contribution in [0.5, 0.6) is 0 Å². The lowest BCUT2D eigenvalue weighted by Gasteiger charge is -2.10. The lowest BCUT2D eigenvalue weighted by atomic mass is 10.1. The van der Waals surface area contributed by atoms with Crippen LogP contribution in [-0.2, 0) is 13.1 Å². The van der Waals surface area contributed by atoms with Crippen molar-refractivity contribution in [3.8, 4) is 0 Å². The topological polar surface area (TPSA) is 62.5 Å². The molecule has 24 heavy (non-hydrogen) atoms. The van der Waals surface area contributed by atoms with Crippen LogP contribution < -0.4 is 10.6 Å². The molecular formula is C18H27IN4O. The van der Waals surface area contributed by atoms with Crippen molar-refractivity contribution in [1.29, 1.82) is 0 Å². The molecule has 0 spiro atoms. The summed E-state index contributed by atoms with van der Waals surface area (Å²) in [6.07, 6.45) is 0. The number of aromatic nitrogens is 1. The van der Waals surface area contributed by atoms with E-state index in [2.05, 4.69) is 52.7 Å². The first-order valence-corrected chi connectivity index (χ1v) is 8.00. The Hall–Kier alpha value is -1.57. The van der Waals surface area contributed by atoms with E-state index >= 15 is 0 Å². The number of rotatable bonds is 5. The molecule has 2 rings (SSSR count). The van der Waals surface area contributed by atoms with Crippen LogP contribution in [0.25, 0.3) is 0 Å². The summed E-state index contributed by atoms with van der Waals surface area (Å²) < 4.78 is 5.58. The van der Waals surface area contributed by atoms with E-state index in [1.54, 1.807) is 0 Å². The molecule has 0 atom stereocenters. The number of benzene rings is 1. The van der Waals surface area contributed by atoms with Crippen LogP contribution in [0.4, 0.5) is 0 Å². The third kappa shape index (κ3) is 5.81. The monoisotopic (exact) mass is 442 g/mol. The molecule has 6 heteroatoms. The van der Waals surface area contributed by atoms with Crippen LogP contribution in [0, 0.1) is 27.7 Å². The largest absolute Gasteiger partial charge is 0.444 e. The van der Waals surface area contributed by atoms with Crippen molar-refractivity contribution in [1.82, 2.24) is 15.6 Å². The number of guanidine groups is 1. The van der Waals surface area contributed by atoms with Gasteiger partial charge in [0.1, 0.15) is 5.76 Å². The number of hydrogen-bond donors (Lipinski definition) is 2. The molecule has 0 unspecified atom stereocenters. The van der Waals surface area contributed by atoms with Gasteiger partial charge < -0.3 is 15.1 Å². The lowest BCUT2D eigenvalue weighted by Crippen LogP contribution is -2.36. The smallest absolute Gasteiger partial charge is 0.214 e. The Morgan fingerprint density at radius 3 is 2.50 bits per heavy atom. The number of nitrogens with zero attached hydrogens (tertiary/aromatic N) is 2. The zero-order valence-electron chi connectivity index (χ0n) is 15.1. The van der Waals surface area contributed by atoms with Gasteiger partial charge in [-0.05, 0) is 45.7 Å². The van der Waals surface area contributed by atoms with Gasteiger partial charge in [0.25, 0.3) is 0 Å². The first kappa shape index (κ1) is 20.5. The van der Waals surface area contributed by atoms with Crippen molar-refractivity contribution in [2.45, 2.75) is 47.7 Å². The molecule has 0 saturated heterocycles. The third-order valence-corrected chi connectivity index (χ3v) is 3.73. The molecule has 1 heterocycles. The maximum Gasteiger partial charge on any atom is 0.214 e. The molecule has 2 aromatic rings. The zero-order chi connectivity index (χ0) is 16.8. The number of oxazole rings is 1. The van der Waals surface area contributed by atoms with Gasteiger partial charge in [-0.3, -0.25) is 0 Å². The minimum Gasteiger partial charge on any atom is -0.444 e. The average Bonchev–Trinajstić information content (AvgIpc) is 2.82. The maximum atomic E-state index is 5.58. The summed E-state index contributed by atoms with van der Waals surface area (Å²) in [6, 6.07) is 6.44. The number of halogens is 1. The summed E-state index contributed by atoms with van der Waals surface area (Å²) in [5, 5.41) is 6.51. The fourth-order valence-electron chi connectivity index (χ4n) is 2.30. The summed E-state index contributed by atoms with van der Waals surface area (Å²) in [6.45, 7) is 12.1. The van der Waals surface area contributed by atoms with E-state index < -0.39 is 0 Å². The molecular weight excluding hydrogens is 415 g/mol. The molecule has 132 valence electrons. The maximum absolute atomic E-state index is 5.58. The van der Waals surface area contributed by atoms with Crippen LogP contribution in [0.2, 0.25) is 0 Å². The quantitative estimate of drug-likeness (QED) is 0.421. The Balaban J connectivity index is 0.00000288. The van der Waals surface area contributed by atoms with Gasteiger partial charge in [0.15, 0.2) is 5.96 Å². The van der Waals surface area contributed by atoms with Gasteiger partial charge in [0.2, 0.25) is 5.89 Å². The van der Waals surface area contributed by atoms with Crippen molar-refractivity contribution >= 4 is 29.9 Å². The number of aryl methyl sites for hydroxylation is 4. The summed E-state index contributed by atoms with van der Waals surface area (Å²) in [7, 11) is 0. The second-order valence-electron chi connectivity index (χ2n) is 5.73. The molecule has 0 radical (unpaired) electrons. The molecule has 0 fully saturated rings. The molecule has 5 nitrogen and oxygen atoms in total. The predicted molar refractivity (Wildman–Crippen MR) is 109 cm³/mol. The second-order valence-corrected chi connectivity index (χ2v) is 5.73. The minimum atomic E-state index is 0. The van der Waals surface area contributed by atoms with Crippen LogP contribution in [0.3, 0.4) is 0 Å². The van der Waals surface area contributed by atoms with Crippen LogP contribution in [-0.4, -0.2) is 17.5 Å². The molecule has 0 saturated carbocycles. The fourth-order valence-corrected chi connectivity index (χ4v) is 2.30.